The molecule has 4 atom stereocenters. The van der Waals surface area contributed by atoms with E-state index in [1.807, 2.05) is 0 Å². The summed E-state index contributed by atoms with van der Waals surface area (Å²) in [5, 5.41) is 23.8. The Kier molecular flexibility index (Phi) is 7.13. The smallest absolute Gasteiger partial charge is 0.256 e. The average Bonchev–Trinajstić information content (AvgIpc) is 3.58. The number of nitrogen functional groups attached to an aromatic ring is 1. The molecule has 198 valence electrons. The summed E-state index contributed by atoms with van der Waals surface area (Å²) in [5.41, 5.74) is 6.94. The molecule has 2 fully saturated rings. The number of imidazole rings is 1. The Bertz CT molecular complexity index is 1430. The van der Waals surface area contributed by atoms with Gasteiger partial charge in [0.25, 0.3) is 11.8 Å². The van der Waals surface area contributed by atoms with E-state index in [1.165, 1.54) is 17.1 Å². The van der Waals surface area contributed by atoms with Gasteiger partial charge in [0.2, 0.25) is 5.82 Å². The van der Waals surface area contributed by atoms with Gasteiger partial charge in [-0.15, -0.1) is 0 Å². The highest BCUT2D eigenvalue weighted by Gasteiger charge is 2.47. The molecule has 0 bridgehead atoms. The van der Waals surface area contributed by atoms with Gasteiger partial charge in [-0.2, -0.15) is 0 Å². The predicted octanol–water partition coefficient (Wildman–Crippen LogP) is -0.131. The summed E-state index contributed by atoms with van der Waals surface area (Å²) in [6.07, 6.45) is -0.761. The van der Waals surface area contributed by atoms with Crippen molar-refractivity contribution >= 4 is 40.4 Å². The van der Waals surface area contributed by atoms with Crippen LogP contribution in [0.25, 0.3) is 11.2 Å². The van der Waals surface area contributed by atoms with E-state index < -0.39 is 30.4 Å². The van der Waals surface area contributed by atoms with Crippen molar-refractivity contribution in [2.75, 3.05) is 18.8 Å². The van der Waals surface area contributed by atoms with Crippen molar-refractivity contribution in [2.24, 2.45) is 0 Å². The molecule has 1 unspecified atom stereocenters. The minimum absolute atomic E-state index is 0.0497. The summed E-state index contributed by atoms with van der Waals surface area (Å²) in [6.45, 7) is 2.21. The SMILES string of the molecule is CCNC(=O)[C@H]1O[C@@H](n2cnc3c(N)nc(C#CCN(C(=O)c4ccc(Cl)nc4)C4CC4)nc32)C(O)[C@@H]1O. The largest absolute Gasteiger partial charge is 0.387 e. The van der Waals surface area contributed by atoms with Crippen LogP contribution in [0.5, 0.6) is 0 Å². The molecule has 2 amide bonds. The molecule has 3 aromatic rings. The molecule has 14 heteroatoms. The van der Waals surface area contributed by atoms with Crippen LogP contribution in [0.1, 0.15) is 42.2 Å². The molecule has 1 saturated carbocycles. The van der Waals surface area contributed by atoms with Crippen molar-refractivity contribution in [1.82, 2.24) is 34.7 Å². The van der Waals surface area contributed by atoms with E-state index in [0.717, 1.165) is 12.8 Å². The minimum Gasteiger partial charge on any atom is -0.387 e. The van der Waals surface area contributed by atoms with E-state index in [-0.39, 0.29) is 41.3 Å². The molecule has 5 rings (SSSR count). The van der Waals surface area contributed by atoms with Crippen molar-refractivity contribution in [2.45, 2.75) is 50.3 Å². The molecule has 13 nitrogen and oxygen atoms in total. The Hall–Kier alpha value is -3.83. The van der Waals surface area contributed by atoms with E-state index in [2.05, 4.69) is 37.1 Å². The number of likely N-dealkylation sites (N-methyl/N-ethyl adjacent to an activating group) is 1. The first-order valence-corrected chi connectivity index (χ1v) is 12.4. The van der Waals surface area contributed by atoms with Gasteiger partial charge in [0.05, 0.1) is 18.4 Å². The lowest BCUT2D eigenvalue weighted by molar-refractivity contribution is -0.137. The number of nitrogens with two attached hydrogens (primary N) is 1. The molecule has 0 spiro atoms. The highest BCUT2D eigenvalue weighted by Crippen LogP contribution is 2.32. The van der Waals surface area contributed by atoms with Crippen molar-refractivity contribution < 1.29 is 24.5 Å². The fourth-order valence-electron chi connectivity index (χ4n) is 4.19. The van der Waals surface area contributed by atoms with Gasteiger partial charge in [-0.25, -0.2) is 19.9 Å². The number of aliphatic hydroxyl groups is 2. The first-order valence-electron chi connectivity index (χ1n) is 12.0. The van der Waals surface area contributed by atoms with Gasteiger partial charge < -0.3 is 30.9 Å². The first kappa shape index (κ1) is 25.8. The number of aromatic nitrogens is 5. The average molecular weight is 541 g/mol. The summed E-state index contributed by atoms with van der Waals surface area (Å²) in [5.74, 6) is 5.15. The zero-order valence-corrected chi connectivity index (χ0v) is 21.0. The number of fused-ring (bicyclic) bond motifs is 1. The number of aliphatic hydroxyl groups excluding tert-OH is 2. The summed E-state index contributed by atoms with van der Waals surface area (Å²) in [7, 11) is 0. The van der Waals surface area contributed by atoms with E-state index >= 15 is 0 Å². The van der Waals surface area contributed by atoms with Crippen LogP contribution < -0.4 is 11.1 Å². The van der Waals surface area contributed by atoms with Crippen LogP contribution in [0.4, 0.5) is 5.82 Å². The number of carbonyl (C=O) groups is 2. The maximum absolute atomic E-state index is 13.0. The fraction of sp³-hybridized carbons (Fsp3) is 0.417. The quantitative estimate of drug-likeness (QED) is 0.243. The molecular weight excluding hydrogens is 516 g/mol. The highest BCUT2D eigenvalue weighted by atomic mass is 35.5. The molecule has 1 saturated heterocycles. The van der Waals surface area contributed by atoms with Crippen LogP contribution in [-0.2, 0) is 9.53 Å². The lowest BCUT2D eigenvalue weighted by Crippen LogP contribution is -2.42. The highest BCUT2D eigenvalue weighted by molar-refractivity contribution is 6.29. The Morgan fingerprint density at radius 2 is 2.05 bits per heavy atom. The van der Waals surface area contributed by atoms with Gasteiger partial charge in [0.1, 0.15) is 22.9 Å². The molecule has 4 heterocycles. The lowest BCUT2D eigenvalue weighted by Gasteiger charge is -2.19. The third kappa shape index (κ3) is 4.99. The van der Waals surface area contributed by atoms with Crippen molar-refractivity contribution in [3.8, 4) is 11.8 Å². The Balaban J connectivity index is 1.38. The fourth-order valence-corrected chi connectivity index (χ4v) is 4.30. The number of rotatable bonds is 6. The van der Waals surface area contributed by atoms with Crippen molar-refractivity contribution in [3.63, 3.8) is 0 Å². The molecule has 1 aliphatic carbocycles. The van der Waals surface area contributed by atoms with E-state index in [1.54, 1.807) is 24.0 Å². The Morgan fingerprint density at radius 1 is 1.26 bits per heavy atom. The van der Waals surface area contributed by atoms with E-state index in [9.17, 15) is 19.8 Å². The lowest BCUT2D eigenvalue weighted by atomic mass is 10.1. The second-order valence-electron chi connectivity index (χ2n) is 8.92. The van der Waals surface area contributed by atoms with Gasteiger partial charge in [-0.3, -0.25) is 14.2 Å². The Morgan fingerprint density at radius 3 is 2.74 bits per heavy atom. The summed E-state index contributed by atoms with van der Waals surface area (Å²) in [4.78, 5) is 43.6. The number of carbonyl (C=O) groups excluding carboxylic acids is 2. The molecule has 38 heavy (non-hydrogen) atoms. The third-order valence-corrected chi connectivity index (χ3v) is 6.47. The van der Waals surface area contributed by atoms with Crippen LogP contribution in [0.3, 0.4) is 0 Å². The van der Waals surface area contributed by atoms with Crippen LogP contribution in [0.2, 0.25) is 5.15 Å². The number of hydrogen-bond donors (Lipinski definition) is 4. The second-order valence-corrected chi connectivity index (χ2v) is 9.30. The van der Waals surface area contributed by atoms with Crippen molar-refractivity contribution in [1.29, 1.82) is 0 Å². The van der Waals surface area contributed by atoms with Crippen LogP contribution in [0, 0.1) is 11.8 Å². The van der Waals surface area contributed by atoms with Gasteiger partial charge >= 0.3 is 0 Å². The van der Waals surface area contributed by atoms with Crippen molar-refractivity contribution in [3.05, 3.63) is 41.2 Å². The molecule has 3 aromatic heterocycles. The maximum Gasteiger partial charge on any atom is 0.256 e. The normalized spacial score (nSPS) is 22.6. The summed E-state index contributed by atoms with van der Waals surface area (Å²) in [6, 6.07) is 3.27. The zero-order valence-electron chi connectivity index (χ0n) is 20.3. The second kappa shape index (κ2) is 10.5. The van der Waals surface area contributed by atoms with Crippen LogP contribution >= 0.6 is 11.6 Å². The molecule has 0 radical (unpaired) electrons. The molecule has 1 aliphatic heterocycles. The van der Waals surface area contributed by atoms with E-state index in [0.29, 0.717) is 17.3 Å². The molecule has 0 aromatic carbocycles. The number of ether oxygens (including phenoxy) is 1. The maximum atomic E-state index is 13.0. The zero-order chi connectivity index (χ0) is 27.0. The number of nitrogens with zero attached hydrogens (tertiary/aromatic N) is 6. The van der Waals surface area contributed by atoms with Crippen LogP contribution in [-0.4, -0.2) is 88.9 Å². The molecular formula is C24H25ClN8O5. The monoisotopic (exact) mass is 540 g/mol. The standard InChI is InChI=1S/C24H25ClN8O5/c1-2-27-22(36)19-17(34)18(35)24(38-19)33-11-29-16-20(26)30-15(31-21(16)33)4-3-9-32(13-6-7-13)23(37)12-5-8-14(25)28-10-12/h5,8,10-11,13,17-19,24,34-35H,2,6-7,9H2,1H3,(H,27,36)(H2,26,30,31)/t17-,18?,19-,24+/m0/s1. The van der Waals surface area contributed by atoms with E-state index in [4.69, 9.17) is 22.1 Å². The molecule has 5 N–H and O–H groups in total. The minimum atomic E-state index is -1.45. The number of anilines is 1. The first-order chi connectivity index (χ1) is 18.3. The number of hydrogen-bond acceptors (Lipinski definition) is 10. The van der Waals surface area contributed by atoms with Gasteiger partial charge in [-0.05, 0) is 37.8 Å². The van der Waals surface area contributed by atoms with Gasteiger partial charge in [0, 0.05) is 18.8 Å². The van der Waals surface area contributed by atoms with Crippen LogP contribution in [0.15, 0.2) is 24.7 Å². The number of pyridine rings is 1. The predicted molar refractivity (Wildman–Crippen MR) is 135 cm³/mol. The number of nitrogens with one attached hydrogen (secondary N) is 1. The number of halogens is 1. The molecule has 2 aliphatic rings. The van der Waals surface area contributed by atoms with Gasteiger partial charge in [0.15, 0.2) is 23.8 Å². The summed E-state index contributed by atoms with van der Waals surface area (Å²) < 4.78 is 7.04. The number of amides is 2. The summed E-state index contributed by atoms with van der Waals surface area (Å²) >= 11 is 5.83. The topological polar surface area (TPSA) is 182 Å². The third-order valence-electron chi connectivity index (χ3n) is 6.24. The van der Waals surface area contributed by atoms with Gasteiger partial charge in [-0.1, -0.05) is 17.5 Å². The Labute approximate surface area is 222 Å².